The maximum atomic E-state index is 13.4. The number of hydrogen-bond donors (Lipinski definition) is 1. The number of anilines is 1. The minimum Gasteiger partial charge on any atom is -0.384 e. The predicted octanol–water partition coefficient (Wildman–Crippen LogP) is 5.63. The molecule has 0 saturated carbocycles. The molecule has 2 aromatic carbocycles. The quantitative estimate of drug-likeness (QED) is 0.661. The summed E-state index contributed by atoms with van der Waals surface area (Å²) in [4.78, 5) is 14.6. The average molecular weight is 437 g/mol. The fourth-order valence-electron chi connectivity index (χ4n) is 4.58. The zero-order chi connectivity index (χ0) is 23.2. The summed E-state index contributed by atoms with van der Waals surface area (Å²) in [5.74, 6) is -0.676. The van der Waals surface area contributed by atoms with E-state index in [1.165, 1.54) is 17.0 Å². The van der Waals surface area contributed by atoms with Crippen molar-refractivity contribution in [3.05, 3.63) is 87.4 Å². The number of benzene rings is 2. The standard InChI is InChI=1S/C25H22F3N3O/c1-14-9-10-15(2)18(11-14)22-19(13-29)24(30)31(20-7-4-8-21(32)23(20)22)17-6-3-5-16(12-17)25(26,27)28/h3,5-6,9-12,22H,4,7-8,30H2,1-2H3. The van der Waals surface area contributed by atoms with Crippen molar-refractivity contribution in [2.45, 2.75) is 45.2 Å². The van der Waals surface area contributed by atoms with Crippen LogP contribution in [0.3, 0.4) is 0 Å². The highest BCUT2D eigenvalue weighted by Crippen LogP contribution is 2.47. The Hall–Kier alpha value is -3.53. The van der Waals surface area contributed by atoms with Gasteiger partial charge < -0.3 is 5.73 Å². The van der Waals surface area contributed by atoms with Gasteiger partial charge in [-0.05, 0) is 56.0 Å². The first-order valence-corrected chi connectivity index (χ1v) is 10.3. The number of rotatable bonds is 2. The number of carbonyl (C=O) groups excluding carboxylic acids is 1. The summed E-state index contributed by atoms with van der Waals surface area (Å²) in [6.45, 7) is 3.84. The Kier molecular flexibility index (Phi) is 5.33. The number of Topliss-reactive ketones (excluding diaryl/α,β-unsaturated/α-hetero) is 1. The zero-order valence-corrected chi connectivity index (χ0v) is 17.8. The maximum absolute atomic E-state index is 13.4. The number of ketones is 1. The second-order valence-corrected chi connectivity index (χ2v) is 8.22. The molecule has 0 bridgehead atoms. The van der Waals surface area contributed by atoms with Gasteiger partial charge in [0.15, 0.2) is 5.78 Å². The van der Waals surface area contributed by atoms with Crippen molar-refractivity contribution < 1.29 is 18.0 Å². The van der Waals surface area contributed by atoms with E-state index in [1.807, 2.05) is 32.0 Å². The first kappa shape index (κ1) is 21.7. The van der Waals surface area contributed by atoms with Gasteiger partial charge >= 0.3 is 6.18 Å². The molecule has 7 heteroatoms. The fourth-order valence-corrected chi connectivity index (χ4v) is 4.58. The number of allylic oxidation sites excluding steroid dienone is 3. The molecule has 1 atom stereocenters. The summed E-state index contributed by atoms with van der Waals surface area (Å²) in [5.41, 5.74) is 9.72. The third-order valence-corrected chi connectivity index (χ3v) is 6.09. The largest absolute Gasteiger partial charge is 0.416 e. The lowest BCUT2D eigenvalue weighted by molar-refractivity contribution is -0.137. The van der Waals surface area contributed by atoms with Crippen LogP contribution in [0.5, 0.6) is 0 Å². The molecular formula is C25H22F3N3O. The van der Waals surface area contributed by atoms with Crippen molar-refractivity contribution in [2.75, 3.05) is 4.90 Å². The van der Waals surface area contributed by atoms with Gasteiger partial charge in [-0.15, -0.1) is 0 Å². The average Bonchev–Trinajstić information content (AvgIpc) is 2.74. The van der Waals surface area contributed by atoms with Crippen LogP contribution in [0, 0.1) is 25.2 Å². The molecule has 2 aromatic rings. The predicted molar refractivity (Wildman–Crippen MR) is 115 cm³/mol. The third-order valence-electron chi connectivity index (χ3n) is 6.09. The van der Waals surface area contributed by atoms with E-state index >= 15 is 0 Å². The van der Waals surface area contributed by atoms with Crippen LogP contribution in [0.15, 0.2) is 65.1 Å². The smallest absolute Gasteiger partial charge is 0.384 e. The number of carbonyl (C=O) groups is 1. The Morgan fingerprint density at radius 3 is 2.56 bits per heavy atom. The summed E-state index contributed by atoms with van der Waals surface area (Å²) < 4.78 is 40.1. The number of nitriles is 1. The molecule has 2 N–H and O–H groups in total. The molecule has 32 heavy (non-hydrogen) atoms. The summed E-state index contributed by atoms with van der Waals surface area (Å²) in [7, 11) is 0. The molecular weight excluding hydrogens is 415 g/mol. The summed E-state index contributed by atoms with van der Waals surface area (Å²) >= 11 is 0. The number of nitrogens with zero attached hydrogens (tertiary/aromatic N) is 2. The summed E-state index contributed by atoms with van der Waals surface area (Å²) in [6.07, 6.45) is -3.14. The molecule has 1 heterocycles. The van der Waals surface area contributed by atoms with E-state index < -0.39 is 17.7 Å². The van der Waals surface area contributed by atoms with Crippen LogP contribution in [0.2, 0.25) is 0 Å². The van der Waals surface area contributed by atoms with Gasteiger partial charge in [-0.3, -0.25) is 9.69 Å². The fraction of sp³-hybridized carbons (Fsp3) is 0.280. The summed E-state index contributed by atoms with van der Waals surface area (Å²) in [5, 5.41) is 10.1. The molecule has 0 amide bonds. The highest BCUT2D eigenvalue weighted by atomic mass is 19.4. The van der Waals surface area contributed by atoms with Crippen LogP contribution in [0.25, 0.3) is 0 Å². The lowest BCUT2D eigenvalue weighted by Gasteiger charge is -2.40. The Morgan fingerprint density at radius 2 is 1.88 bits per heavy atom. The van der Waals surface area contributed by atoms with Gasteiger partial charge in [-0.25, -0.2) is 0 Å². The molecule has 4 nitrogen and oxygen atoms in total. The Balaban J connectivity index is 1.98. The van der Waals surface area contributed by atoms with Crippen molar-refractivity contribution in [1.82, 2.24) is 0 Å². The Bertz CT molecular complexity index is 1220. The van der Waals surface area contributed by atoms with Crippen molar-refractivity contribution in [2.24, 2.45) is 5.73 Å². The van der Waals surface area contributed by atoms with Crippen molar-refractivity contribution in [1.29, 1.82) is 5.26 Å². The normalized spacial score (nSPS) is 19.2. The van der Waals surface area contributed by atoms with Crippen molar-refractivity contribution >= 4 is 11.5 Å². The SMILES string of the molecule is Cc1ccc(C)c(C2C(C#N)=C(N)N(c3cccc(C(F)(F)F)c3)C3=C2C(=O)CCC3)c1. The number of nitrogens with two attached hydrogens (primary N) is 1. The van der Waals surface area contributed by atoms with Gasteiger partial charge in [0.05, 0.1) is 23.1 Å². The Labute approximate surface area is 184 Å². The molecule has 1 aliphatic carbocycles. The molecule has 0 fully saturated rings. The lowest BCUT2D eigenvalue weighted by Crippen LogP contribution is -2.39. The molecule has 4 rings (SSSR count). The summed E-state index contributed by atoms with van der Waals surface area (Å²) in [6, 6.07) is 12.8. The highest BCUT2D eigenvalue weighted by molar-refractivity contribution is 6.01. The molecule has 0 spiro atoms. The van der Waals surface area contributed by atoms with E-state index in [9.17, 15) is 23.2 Å². The van der Waals surface area contributed by atoms with Gasteiger partial charge in [-0.2, -0.15) is 18.4 Å². The van der Waals surface area contributed by atoms with Gasteiger partial charge in [0.2, 0.25) is 0 Å². The maximum Gasteiger partial charge on any atom is 0.416 e. The topological polar surface area (TPSA) is 70.1 Å². The first-order chi connectivity index (χ1) is 15.1. The van der Waals surface area contributed by atoms with Crippen LogP contribution in [-0.2, 0) is 11.0 Å². The minimum absolute atomic E-state index is 0.0613. The van der Waals surface area contributed by atoms with Gasteiger partial charge in [0, 0.05) is 23.4 Å². The van der Waals surface area contributed by atoms with E-state index in [0.29, 0.717) is 30.5 Å². The number of halogens is 3. The van der Waals surface area contributed by atoms with E-state index in [4.69, 9.17) is 5.73 Å². The van der Waals surface area contributed by atoms with Crippen LogP contribution in [0.1, 0.15) is 47.4 Å². The minimum atomic E-state index is -4.52. The molecule has 0 radical (unpaired) electrons. The second kappa shape index (κ2) is 7.86. The van der Waals surface area contributed by atoms with Crippen LogP contribution in [-0.4, -0.2) is 5.78 Å². The van der Waals surface area contributed by atoms with E-state index in [1.54, 1.807) is 0 Å². The van der Waals surface area contributed by atoms with E-state index in [0.717, 1.165) is 28.8 Å². The third kappa shape index (κ3) is 3.56. The second-order valence-electron chi connectivity index (χ2n) is 8.22. The molecule has 0 aromatic heterocycles. The molecule has 164 valence electrons. The first-order valence-electron chi connectivity index (χ1n) is 10.3. The molecule has 1 aliphatic heterocycles. The van der Waals surface area contributed by atoms with E-state index in [-0.39, 0.29) is 22.9 Å². The van der Waals surface area contributed by atoms with Crippen LogP contribution < -0.4 is 10.6 Å². The zero-order valence-electron chi connectivity index (χ0n) is 17.8. The monoisotopic (exact) mass is 437 g/mol. The van der Waals surface area contributed by atoms with E-state index in [2.05, 4.69) is 6.07 Å². The van der Waals surface area contributed by atoms with Crippen molar-refractivity contribution in [3.63, 3.8) is 0 Å². The Morgan fingerprint density at radius 1 is 1.12 bits per heavy atom. The number of hydrogen-bond acceptors (Lipinski definition) is 4. The van der Waals surface area contributed by atoms with Gasteiger partial charge in [-0.1, -0.05) is 29.8 Å². The molecule has 0 saturated heterocycles. The van der Waals surface area contributed by atoms with Crippen LogP contribution >= 0.6 is 0 Å². The van der Waals surface area contributed by atoms with Crippen molar-refractivity contribution in [3.8, 4) is 6.07 Å². The van der Waals surface area contributed by atoms with Gasteiger partial charge in [0.25, 0.3) is 0 Å². The molecule has 1 unspecified atom stereocenters. The highest BCUT2D eigenvalue weighted by Gasteiger charge is 2.41. The van der Waals surface area contributed by atoms with Crippen LogP contribution in [0.4, 0.5) is 18.9 Å². The number of aryl methyl sites for hydroxylation is 2. The molecule has 2 aliphatic rings. The van der Waals surface area contributed by atoms with Gasteiger partial charge in [0.1, 0.15) is 5.82 Å². The lowest BCUT2D eigenvalue weighted by atomic mass is 9.74. The number of alkyl halides is 3.